The molecule has 1 aromatic carbocycles. The number of benzene rings is 1. The number of hydrogen-bond acceptors (Lipinski definition) is 3. The fourth-order valence-corrected chi connectivity index (χ4v) is 4.54. The Hall–Kier alpha value is -1.39. The van der Waals surface area contributed by atoms with Crippen molar-refractivity contribution in [2.24, 2.45) is 5.41 Å². The molecule has 0 saturated carbocycles. The van der Waals surface area contributed by atoms with E-state index in [9.17, 15) is 9.90 Å². The Morgan fingerprint density at radius 2 is 1.88 bits per heavy atom. The van der Waals surface area contributed by atoms with E-state index < -0.39 is 11.6 Å². The largest absolute Gasteiger partial charge is 0.391 e. The van der Waals surface area contributed by atoms with Crippen LogP contribution in [0.3, 0.4) is 0 Å². The normalized spacial score (nSPS) is 26.0. The summed E-state index contributed by atoms with van der Waals surface area (Å²) in [5.74, 6) is 0.0745. The topological polar surface area (TPSA) is 43.8 Å². The van der Waals surface area contributed by atoms with Gasteiger partial charge in [-0.3, -0.25) is 9.69 Å². The summed E-state index contributed by atoms with van der Waals surface area (Å²) >= 11 is 0. The molecule has 4 heteroatoms. The summed E-state index contributed by atoms with van der Waals surface area (Å²) in [7, 11) is 0. The first-order valence-corrected chi connectivity index (χ1v) is 9.47. The summed E-state index contributed by atoms with van der Waals surface area (Å²) in [6.45, 7) is 11.6. The Labute approximate surface area is 151 Å². The van der Waals surface area contributed by atoms with Crippen LogP contribution in [0.1, 0.15) is 51.2 Å². The van der Waals surface area contributed by atoms with Crippen LogP contribution in [0.15, 0.2) is 24.3 Å². The van der Waals surface area contributed by atoms with E-state index >= 15 is 0 Å². The van der Waals surface area contributed by atoms with E-state index in [0.717, 1.165) is 45.4 Å². The molecule has 1 spiro atoms. The van der Waals surface area contributed by atoms with Crippen LogP contribution in [0.2, 0.25) is 0 Å². The lowest BCUT2D eigenvalue weighted by atomic mass is 9.67. The zero-order chi connectivity index (χ0) is 18.2. The molecule has 2 heterocycles. The first-order chi connectivity index (χ1) is 11.7. The van der Waals surface area contributed by atoms with Gasteiger partial charge in [0.2, 0.25) is 5.91 Å². The number of aliphatic hydroxyl groups excluding tert-OH is 1. The molecule has 3 rings (SSSR count). The van der Waals surface area contributed by atoms with Crippen molar-refractivity contribution in [2.45, 2.75) is 65.1 Å². The fourth-order valence-electron chi connectivity index (χ4n) is 4.54. The zero-order valence-electron chi connectivity index (χ0n) is 16.1. The first-order valence-electron chi connectivity index (χ1n) is 9.47. The Morgan fingerprint density at radius 3 is 2.48 bits per heavy atom. The minimum Gasteiger partial charge on any atom is -0.391 e. The molecular weight excluding hydrogens is 312 g/mol. The minimum atomic E-state index is -0.463. The summed E-state index contributed by atoms with van der Waals surface area (Å²) < 4.78 is 0. The van der Waals surface area contributed by atoms with Crippen LogP contribution in [0.4, 0.5) is 0 Å². The quantitative estimate of drug-likeness (QED) is 0.897. The van der Waals surface area contributed by atoms with Crippen molar-refractivity contribution in [3.05, 3.63) is 35.4 Å². The Balaban J connectivity index is 1.67. The number of likely N-dealkylation sites (tertiary alicyclic amines) is 2. The Morgan fingerprint density at radius 1 is 1.24 bits per heavy atom. The van der Waals surface area contributed by atoms with E-state index in [1.165, 1.54) is 11.1 Å². The average Bonchev–Trinajstić information content (AvgIpc) is 2.55. The van der Waals surface area contributed by atoms with Gasteiger partial charge < -0.3 is 10.0 Å². The molecular formula is C21H32N2O2. The third kappa shape index (κ3) is 3.61. The third-order valence-electron chi connectivity index (χ3n) is 6.58. The average molecular weight is 344 g/mol. The van der Waals surface area contributed by atoms with E-state index in [-0.39, 0.29) is 11.3 Å². The Kier molecular flexibility index (Phi) is 4.95. The lowest BCUT2D eigenvalue weighted by Gasteiger charge is -2.55. The van der Waals surface area contributed by atoms with Gasteiger partial charge in [0.1, 0.15) is 0 Å². The van der Waals surface area contributed by atoms with Gasteiger partial charge in [0.05, 0.1) is 11.6 Å². The number of nitrogens with zero attached hydrogens (tertiary/aromatic N) is 2. The molecule has 0 radical (unpaired) electrons. The summed E-state index contributed by atoms with van der Waals surface area (Å²) in [6.07, 6.45) is 2.46. The second kappa shape index (κ2) is 6.73. The number of aliphatic hydroxyl groups is 1. The third-order valence-corrected chi connectivity index (χ3v) is 6.58. The highest BCUT2D eigenvalue weighted by Crippen LogP contribution is 2.45. The van der Waals surface area contributed by atoms with Crippen molar-refractivity contribution in [1.29, 1.82) is 0 Å². The summed E-state index contributed by atoms with van der Waals surface area (Å²) in [4.78, 5) is 16.5. The van der Waals surface area contributed by atoms with Gasteiger partial charge in [-0.25, -0.2) is 0 Å². The maximum atomic E-state index is 12.1. The highest BCUT2D eigenvalue weighted by Gasteiger charge is 2.50. The molecule has 0 aromatic heterocycles. The van der Waals surface area contributed by atoms with E-state index in [1.807, 2.05) is 18.7 Å². The van der Waals surface area contributed by atoms with Gasteiger partial charge in [-0.05, 0) is 69.7 Å². The molecule has 2 aliphatic heterocycles. The molecule has 0 aliphatic carbocycles. The molecule has 138 valence electrons. The number of amides is 1. The summed E-state index contributed by atoms with van der Waals surface area (Å²) in [5, 5.41) is 10.7. The lowest BCUT2D eigenvalue weighted by Crippen LogP contribution is -2.64. The van der Waals surface area contributed by atoms with Crippen LogP contribution < -0.4 is 0 Å². The van der Waals surface area contributed by atoms with Crippen LogP contribution in [-0.4, -0.2) is 52.1 Å². The molecule has 2 fully saturated rings. The van der Waals surface area contributed by atoms with Crippen LogP contribution >= 0.6 is 0 Å². The van der Waals surface area contributed by atoms with Gasteiger partial charge >= 0.3 is 0 Å². The van der Waals surface area contributed by atoms with Gasteiger partial charge in [0.25, 0.3) is 0 Å². The number of carbonyl (C=O) groups excluding carboxylic acids is 1. The predicted octanol–water partition coefficient (Wildman–Crippen LogP) is 2.97. The molecule has 0 unspecified atom stereocenters. The van der Waals surface area contributed by atoms with Crippen LogP contribution in [0.25, 0.3) is 0 Å². The SMILES string of the molecule is CC(=O)N1CC2(CCN(Cc3ccccc3C)CC2)C[C@@H](O)C1(C)C. The van der Waals surface area contributed by atoms with Crippen LogP contribution in [-0.2, 0) is 11.3 Å². The second-order valence-corrected chi connectivity index (χ2v) is 8.68. The number of hydrogen-bond donors (Lipinski definition) is 1. The maximum absolute atomic E-state index is 12.1. The number of carbonyl (C=O) groups is 1. The van der Waals surface area contributed by atoms with Crippen molar-refractivity contribution in [2.75, 3.05) is 19.6 Å². The minimum absolute atomic E-state index is 0.0723. The van der Waals surface area contributed by atoms with Crippen molar-refractivity contribution in [3.8, 4) is 0 Å². The molecule has 4 nitrogen and oxygen atoms in total. The molecule has 1 aromatic rings. The first kappa shape index (κ1) is 18.4. The van der Waals surface area contributed by atoms with E-state index in [0.29, 0.717) is 0 Å². The predicted molar refractivity (Wildman–Crippen MR) is 100 cm³/mol. The molecule has 25 heavy (non-hydrogen) atoms. The monoisotopic (exact) mass is 344 g/mol. The standard InChI is InChI=1S/C21H32N2O2/c1-16-7-5-6-8-18(16)14-22-11-9-21(10-12-22)13-19(25)20(3,4)23(15-21)17(2)24/h5-8,19,25H,9-15H2,1-4H3/t19-/m1/s1. The smallest absolute Gasteiger partial charge is 0.219 e. The number of aryl methyl sites for hydroxylation is 1. The van der Waals surface area contributed by atoms with Gasteiger partial charge in [-0.15, -0.1) is 0 Å². The van der Waals surface area contributed by atoms with E-state index in [4.69, 9.17) is 0 Å². The fraction of sp³-hybridized carbons (Fsp3) is 0.667. The summed E-state index contributed by atoms with van der Waals surface area (Å²) in [6, 6.07) is 8.58. The van der Waals surface area contributed by atoms with E-state index in [1.54, 1.807) is 6.92 Å². The molecule has 2 saturated heterocycles. The van der Waals surface area contributed by atoms with Gasteiger partial charge in [-0.2, -0.15) is 0 Å². The highest BCUT2D eigenvalue weighted by molar-refractivity contribution is 5.74. The Bertz CT molecular complexity index is 633. The lowest BCUT2D eigenvalue weighted by molar-refractivity contribution is -0.157. The molecule has 2 aliphatic rings. The maximum Gasteiger partial charge on any atom is 0.219 e. The van der Waals surface area contributed by atoms with Crippen molar-refractivity contribution < 1.29 is 9.90 Å². The van der Waals surface area contributed by atoms with Crippen molar-refractivity contribution in [1.82, 2.24) is 9.80 Å². The summed E-state index contributed by atoms with van der Waals surface area (Å²) in [5.41, 5.74) is 2.35. The number of rotatable bonds is 2. The van der Waals surface area contributed by atoms with Gasteiger partial charge in [0.15, 0.2) is 0 Å². The van der Waals surface area contributed by atoms with Crippen molar-refractivity contribution in [3.63, 3.8) is 0 Å². The van der Waals surface area contributed by atoms with Crippen molar-refractivity contribution >= 4 is 5.91 Å². The molecule has 1 amide bonds. The van der Waals surface area contributed by atoms with Crippen LogP contribution in [0, 0.1) is 12.3 Å². The highest BCUT2D eigenvalue weighted by atomic mass is 16.3. The number of piperidine rings is 2. The van der Waals surface area contributed by atoms with E-state index in [2.05, 4.69) is 36.1 Å². The molecule has 1 atom stereocenters. The molecule has 1 N–H and O–H groups in total. The second-order valence-electron chi connectivity index (χ2n) is 8.68. The zero-order valence-corrected chi connectivity index (χ0v) is 16.1. The van der Waals surface area contributed by atoms with Gasteiger partial charge in [0, 0.05) is 20.0 Å². The van der Waals surface area contributed by atoms with Gasteiger partial charge in [-0.1, -0.05) is 24.3 Å². The van der Waals surface area contributed by atoms with Crippen LogP contribution in [0.5, 0.6) is 0 Å². The molecule has 0 bridgehead atoms.